The second-order valence-corrected chi connectivity index (χ2v) is 5.62. The minimum Gasteiger partial charge on any atom is -0.479 e. The van der Waals surface area contributed by atoms with Crippen LogP contribution in [0.5, 0.6) is 0 Å². The first-order valence-electron chi connectivity index (χ1n) is 7.17. The summed E-state index contributed by atoms with van der Waals surface area (Å²) < 4.78 is 6.57. The summed E-state index contributed by atoms with van der Waals surface area (Å²) >= 11 is 0. The van der Waals surface area contributed by atoms with Crippen LogP contribution in [0, 0.1) is 0 Å². The fourth-order valence-corrected chi connectivity index (χ4v) is 2.77. The third kappa shape index (κ3) is 2.49. The molecule has 1 atom stereocenters. The van der Waals surface area contributed by atoms with Gasteiger partial charge in [-0.05, 0) is 6.07 Å². The van der Waals surface area contributed by atoms with E-state index in [0.717, 1.165) is 0 Å². The van der Waals surface area contributed by atoms with Crippen LogP contribution in [0.3, 0.4) is 0 Å². The smallest absolute Gasteiger partial charge is 0.331 e. The van der Waals surface area contributed by atoms with Crippen molar-refractivity contribution in [3.05, 3.63) is 46.2 Å². The van der Waals surface area contributed by atoms with Gasteiger partial charge in [-0.15, -0.1) is 0 Å². The molecule has 0 radical (unpaired) electrons. The number of para-hydroxylation sites is 1. The van der Waals surface area contributed by atoms with Gasteiger partial charge in [0.15, 0.2) is 5.54 Å². The number of nitrogens with one attached hydrogen (secondary N) is 1. The molecule has 0 spiro atoms. The van der Waals surface area contributed by atoms with Gasteiger partial charge in [0.05, 0.1) is 17.7 Å². The second kappa shape index (κ2) is 5.51. The summed E-state index contributed by atoms with van der Waals surface area (Å²) in [6, 6.07) is 8.21. The Morgan fingerprint density at radius 1 is 1.35 bits per heavy atom. The Morgan fingerprint density at radius 3 is 2.74 bits per heavy atom. The lowest BCUT2D eigenvalue weighted by Gasteiger charge is -2.24. The topological polar surface area (TPSA) is 97.6 Å². The molecule has 1 aliphatic rings. The standard InChI is InChI=1S/C16H16N2O5/c1-18-12-5-3-2-4-10(12)11(8-13(18)19)14(20)17-16(15(21)22)6-7-23-9-16/h2-5,8H,6-7,9H2,1H3,(H,17,20)(H,21,22). The highest BCUT2D eigenvalue weighted by molar-refractivity contribution is 6.07. The number of aryl methyl sites for hydroxylation is 1. The molecule has 1 aliphatic heterocycles. The zero-order chi connectivity index (χ0) is 16.6. The van der Waals surface area contributed by atoms with Crippen molar-refractivity contribution in [3.8, 4) is 0 Å². The number of carbonyl (C=O) groups excluding carboxylic acids is 1. The highest BCUT2D eigenvalue weighted by atomic mass is 16.5. The van der Waals surface area contributed by atoms with Crippen molar-refractivity contribution in [1.29, 1.82) is 0 Å². The third-order valence-electron chi connectivity index (χ3n) is 4.18. The molecule has 2 N–H and O–H groups in total. The van der Waals surface area contributed by atoms with E-state index in [-0.39, 0.29) is 30.8 Å². The third-order valence-corrected chi connectivity index (χ3v) is 4.18. The van der Waals surface area contributed by atoms with Gasteiger partial charge in [-0.3, -0.25) is 9.59 Å². The summed E-state index contributed by atoms with van der Waals surface area (Å²) in [6.07, 6.45) is 0.191. The molecular formula is C16H16N2O5. The van der Waals surface area contributed by atoms with E-state index in [1.165, 1.54) is 10.6 Å². The molecule has 1 unspecified atom stereocenters. The first-order valence-corrected chi connectivity index (χ1v) is 7.17. The Hall–Kier alpha value is -2.67. The van der Waals surface area contributed by atoms with E-state index in [9.17, 15) is 19.5 Å². The predicted molar refractivity (Wildman–Crippen MR) is 82.5 cm³/mol. The van der Waals surface area contributed by atoms with Crippen LogP contribution in [0.15, 0.2) is 35.1 Å². The molecular weight excluding hydrogens is 300 g/mol. The largest absolute Gasteiger partial charge is 0.479 e. The molecule has 120 valence electrons. The number of amides is 1. The van der Waals surface area contributed by atoms with Crippen LogP contribution >= 0.6 is 0 Å². The maximum absolute atomic E-state index is 12.6. The van der Waals surface area contributed by atoms with Gasteiger partial charge in [0, 0.05) is 31.5 Å². The van der Waals surface area contributed by atoms with E-state index in [4.69, 9.17) is 4.74 Å². The Labute approximate surface area is 131 Å². The van der Waals surface area contributed by atoms with Crippen LogP contribution in [0.4, 0.5) is 0 Å². The minimum absolute atomic E-state index is 0.0865. The SMILES string of the molecule is Cn1c(=O)cc(C(=O)NC2(C(=O)O)CCOC2)c2ccccc21. The Kier molecular flexibility index (Phi) is 3.65. The maximum atomic E-state index is 12.6. The Balaban J connectivity index is 2.07. The fourth-order valence-electron chi connectivity index (χ4n) is 2.77. The molecule has 1 fully saturated rings. The van der Waals surface area contributed by atoms with E-state index in [2.05, 4.69) is 5.32 Å². The Morgan fingerprint density at radius 2 is 2.09 bits per heavy atom. The number of benzene rings is 1. The molecule has 23 heavy (non-hydrogen) atoms. The van der Waals surface area contributed by atoms with Crippen molar-refractivity contribution >= 4 is 22.8 Å². The van der Waals surface area contributed by atoms with E-state index >= 15 is 0 Å². The summed E-state index contributed by atoms with van der Waals surface area (Å²) in [5.41, 5.74) is -1.01. The molecule has 2 aromatic rings. The van der Waals surface area contributed by atoms with E-state index in [1.807, 2.05) is 0 Å². The summed E-state index contributed by atoms with van der Waals surface area (Å²) in [4.78, 5) is 36.2. The quantitative estimate of drug-likeness (QED) is 0.860. The zero-order valence-corrected chi connectivity index (χ0v) is 12.5. The number of carbonyl (C=O) groups is 2. The molecule has 2 heterocycles. The summed E-state index contributed by atoms with van der Waals surface area (Å²) in [5.74, 6) is -1.73. The normalized spacial score (nSPS) is 20.6. The maximum Gasteiger partial charge on any atom is 0.331 e. The summed E-state index contributed by atoms with van der Waals surface area (Å²) in [7, 11) is 1.62. The molecule has 0 bridgehead atoms. The number of pyridine rings is 1. The number of carboxylic acids is 1. The fraction of sp³-hybridized carbons (Fsp3) is 0.312. The number of rotatable bonds is 3. The number of hydrogen-bond acceptors (Lipinski definition) is 4. The van der Waals surface area contributed by atoms with Gasteiger partial charge in [-0.25, -0.2) is 4.79 Å². The van der Waals surface area contributed by atoms with Crippen molar-refractivity contribution < 1.29 is 19.4 Å². The minimum atomic E-state index is -1.45. The van der Waals surface area contributed by atoms with Crippen LogP contribution in [0.2, 0.25) is 0 Å². The first kappa shape index (κ1) is 15.2. The lowest BCUT2D eigenvalue weighted by atomic mass is 9.97. The van der Waals surface area contributed by atoms with E-state index in [0.29, 0.717) is 10.9 Å². The van der Waals surface area contributed by atoms with E-state index in [1.54, 1.807) is 31.3 Å². The van der Waals surface area contributed by atoms with Crippen LogP contribution in [-0.4, -0.2) is 40.3 Å². The van der Waals surface area contributed by atoms with Crippen LogP contribution in [0.25, 0.3) is 10.9 Å². The van der Waals surface area contributed by atoms with Crippen LogP contribution < -0.4 is 10.9 Å². The van der Waals surface area contributed by atoms with E-state index < -0.39 is 17.4 Å². The summed E-state index contributed by atoms with van der Waals surface area (Å²) in [6.45, 7) is 0.181. The van der Waals surface area contributed by atoms with Crippen molar-refractivity contribution in [2.75, 3.05) is 13.2 Å². The number of hydrogen-bond donors (Lipinski definition) is 2. The number of aliphatic carboxylic acids is 1. The lowest BCUT2D eigenvalue weighted by Crippen LogP contribution is -2.55. The van der Waals surface area contributed by atoms with Crippen molar-refractivity contribution in [3.63, 3.8) is 0 Å². The van der Waals surface area contributed by atoms with Gasteiger partial charge < -0.3 is 19.7 Å². The first-order chi connectivity index (χ1) is 10.9. The van der Waals surface area contributed by atoms with Gasteiger partial charge in [-0.2, -0.15) is 0 Å². The van der Waals surface area contributed by atoms with Gasteiger partial charge in [-0.1, -0.05) is 18.2 Å². The lowest BCUT2D eigenvalue weighted by molar-refractivity contribution is -0.144. The van der Waals surface area contributed by atoms with Crippen molar-refractivity contribution in [2.45, 2.75) is 12.0 Å². The van der Waals surface area contributed by atoms with Crippen molar-refractivity contribution in [2.24, 2.45) is 7.05 Å². The van der Waals surface area contributed by atoms with Gasteiger partial charge in [0.25, 0.3) is 11.5 Å². The Bertz CT molecular complexity index is 849. The molecule has 0 aliphatic carbocycles. The van der Waals surface area contributed by atoms with Crippen LogP contribution in [-0.2, 0) is 16.6 Å². The molecule has 3 rings (SSSR count). The predicted octanol–water partition coefficient (Wildman–Crippen LogP) is 0.512. The molecule has 1 aromatic carbocycles. The number of nitrogens with zero attached hydrogens (tertiary/aromatic N) is 1. The number of fused-ring (bicyclic) bond motifs is 1. The molecule has 7 heteroatoms. The highest BCUT2D eigenvalue weighted by Gasteiger charge is 2.44. The molecule has 1 saturated heterocycles. The monoisotopic (exact) mass is 316 g/mol. The second-order valence-electron chi connectivity index (χ2n) is 5.62. The molecule has 7 nitrogen and oxygen atoms in total. The zero-order valence-electron chi connectivity index (χ0n) is 12.5. The number of carboxylic acid groups (broad SMARTS) is 1. The number of ether oxygens (including phenoxy) is 1. The van der Waals surface area contributed by atoms with Gasteiger partial charge >= 0.3 is 5.97 Å². The summed E-state index contributed by atoms with van der Waals surface area (Å²) in [5, 5.41) is 12.5. The van der Waals surface area contributed by atoms with Crippen molar-refractivity contribution in [1.82, 2.24) is 9.88 Å². The molecule has 1 amide bonds. The highest BCUT2D eigenvalue weighted by Crippen LogP contribution is 2.22. The number of aromatic nitrogens is 1. The average Bonchev–Trinajstić information content (AvgIpc) is 3.00. The van der Waals surface area contributed by atoms with Gasteiger partial charge in [0.2, 0.25) is 0 Å². The molecule has 1 aromatic heterocycles. The average molecular weight is 316 g/mol. The van der Waals surface area contributed by atoms with Gasteiger partial charge in [0.1, 0.15) is 0 Å². The van der Waals surface area contributed by atoms with Crippen LogP contribution in [0.1, 0.15) is 16.8 Å². The molecule has 0 saturated carbocycles.